The van der Waals surface area contributed by atoms with Gasteiger partial charge in [0.1, 0.15) is 6.26 Å². The summed E-state index contributed by atoms with van der Waals surface area (Å²) < 4.78 is 5.88. The van der Waals surface area contributed by atoms with Crippen molar-refractivity contribution in [3.63, 3.8) is 0 Å². The highest BCUT2D eigenvalue weighted by atomic mass is 79.9. The zero-order valence-electron chi connectivity index (χ0n) is 8.81. The van der Waals surface area contributed by atoms with Crippen LogP contribution in [0.5, 0.6) is 0 Å². The van der Waals surface area contributed by atoms with Crippen LogP contribution in [0.25, 0.3) is 0 Å². The highest BCUT2D eigenvalue weighted by Gasteiger charge is 2.09. The molecule has 6 heteroatoms. The minimum atomic E-state index is -0.281. The Bertz CT molecular complexity index is 539. The van der Waals surface area contributed by atoms with Gasteiger partial charge in [0.05, 0.1) is 5.69 Å². The summed E-state index contributed by atoms with van der Waals surface area (Å²) in [4.78, 5) is 15.8. The first-order valence-electron chi connectivity index (χ1n) is 4.90. The van der Waals surface area contributed by atoms with Crippen LogP contribution in [0.4, 0.5) is 6.01 Å². The lowest BCUT2D eigenvalue weighted by Gasteiger charge is -2.00. The average Bonchev–Trinajstić information content (AvgIpc) is 2.77. The summed E-state index contributed by atoms with van der Waals surface area (Å²) in [5.41, 5.74) is 6.50. The van der Waals surface area contributed by atoms with Gasteiger partial charge in [-0.15, -0.1) is 0 Å². The first kappa shape index (κ1) is 11.8. The molecule has 0 bridgehead atoms. The van der Waals surface area contributed by atoms with Crippen LogP contribution in [0, 0.1) is 0 Å². The summed E-state index contributed by atoms with van der Waals surface area (Å²) in [6.45, 7) is 0.274. The first-order chi connectivity index (χ1) is 8.19. The highest BCUT2D eigenvalue weighted by molar-refractivity contribution is 9.10. The van der Waals surface area contributed by atoms with Gasteiger partial charge in [0.2, 0.25) is 0 Å². The number of benzene rings is 1. The van der Waals surface area contributed by atoms with E-state index in [1.54, 1.807) is 18.2 Å². The van der Waals surface area contributed by atoms with Crippen molar-refractivity contribution >= 4 is 27.9 Å². The van der Waals surface area contributed by atoms with Crippen molar-refractivity contribution in [2.45, 2.75) is 6.54 Å². The van der Waals surface area contributed by atoms with E-state index in [0.717, 1.165) is 4.47 Å². The Morgan fingerprint density at radius 3 is 3.00 bits per heavy atom. The number of anilines is 1. The fraction of sp³-hybridized carbons (Fsp3) is 0.0909. The molecule has 0 aliphatic carbocycles. The number of hydrogen-bond acceptors (Lipinski definition) is 4. The van der Waals surface area contributed by atoms with Crippen molar-refractivity contribution in [1.82, 2.24) is 4.98 Å². The summed E-state index contributed by atoms with van der Waals surface area (Å²) in [5, 5.41) is 2.55. The molecule has 0 aliphatic heterocycles. The van der Waals surface area contributed by atoms with E-state index < -0.39 is 0 Å². The Kier molecular flexibility index (Phi) is 3.55. The monoisotopic (exact) mass is 295 g/mol. The molecule has 0 fully saturated rings. The van der Waals surface area contributed by atoms with Crippen LogP contribution in [0.1, 0.15) is 16.1 Å². The van der Waals surface area contributed by atoms with E-state index in [0.29, 0.717) is 11.3 Å². The molecule has 17 heavy (non-hydrogen) atoms. The summed E-state index contributed by atoms with van der Waals surface area (Å²) in [6, 6.07) is 7.18. The predicted molar refractivity (Wildman–Crippen MR) is 66.5 cm³/mol. The third-order valence-corrected chi connectivity index (χ3v) is 2.56. The number of nitrogens with zero attached hydrogens (tertiary/aromatic N) is 1. The highest BCUT2D eigenvalue weighted by Crippen LogP contribution is 2.14. The standard InChI is InChI=1S/C11H10BrN3O2/c12-8-3-1-2-7(4-8)10(16)15-11-14-9(5-13)6-17-11/h1-4,6H,5,13H2,(H,14,15,16). The van der Waals surface area contributed by atoms with Crippen molar-refractivity contribution in [3.8, 4) is 0 Å². The van der Waals surface area contributed by atoms with E-state index in [2.05, 4.69) is 26.2 Å². The molecule has 1 aromatic heterocycles. The molecular weight excluding hydrogens is 286 g/mol. The van der Waals surface area contributed by atoms with E-state index in [-0.39, 0.29) is 18.5 Å². The third-order valence-electron chi connectivity index (χ3n) is 2.07. The van der Waals surface area contributed by atoms with Crippen LogP contribution in [-0.4, -0.2) is 10.9 Å². The Morgan fingerprint density at radius 2 is 2.35 bits per heavy atom. The predicted octanol–water partition coefficient (Wildman–Crippen LogP) is 2.15. The van der Waals surface area contributed by atoms with Crippen LogP contribution in [0.2, 0.25) is 0 Å². The molecular formula is C11H10BrN3O2. The van der Waals surface area contributed by atoms with Crippen LogP contribution in [-0.2, 0) is 6.54 Å². The summed E-state index contributed by atoms with van der Waals surface area (Å²) >= 11 is 3.30. The molecule has 0 aliphatic rings. The van der Waals surface area contributed by atoms with Crippen molar-refractivity contribution < 1.29 is 9.21 Å². The van der Waals surface area contributed by atoms with Gasteiger partial charge in [-0.2, -0.15) is 4.98 Å². The quantitative estimate of drug-likeness (QED) is 0.909. The lowest BCUT2D eigenvalue weighted by Crippen LogP contribution is -2.12. The fourth-order valence-corrected chi connectivity index (χ4v) is 1.66. The smallest absolute Gasteiger partial charge is 0.301 e. The Morgan fingerprint density at radius 1 is 1.53 bits per heavy atom. The van der Waals surface area contributed by atoms with Crippen LogP contribution in [0.3, 0.4) is 0 Å². The topological polar surface area (TPSA) is 81.1 Å². The maximum absolute atomic E-state index is 11.8. The number of nitrogens with one attached hydrogen (secondary N) is 1. The van der Waals surface area contributed by atoms with Gasteiger partial charge in [-0.1, -0.05) is 22.0 Å². The number of carbonyl (C=O) groups excluding carboxylic acids is 1. The number of hydrogen-bond donors (Lipinski definition) is 2. The second-order valence-electron chi connectivity index (χ2n) is 3.31. The Labute approximate surface area is 106 Å². The molecule has 2 aromatic rings. The number of rotatable bonds is 3. The van der Waals surface area contributed by atoms with E-state index in [1.807, 2.05) is 6.07 Å². The minimum Gasteiger partial charge on any atom is -0.432 e. The summed E-state index contributed by atoms with van der Waals surface area (Å²) in [6.07, 6.45) is 1.41. The van der Waals surface area contributed by atoms with Crippen LogP contribution >= 0.6 is 15.9 Å². The van der Waals surface area contributed by atoms with Gasteiger partial charge in [-0.05, 0) is 18.2 Å². The van der Waals surface area contributed by atoms with Gasteiger partial charge < -0.3 is 10.2 Å². The van der Waals surface area contributed by atoms with E-state index in [9.17, 15) is 4.79 Å². The molecule has 0 spiro atoms. The second-order valence-corrected chi connectivity index (χ2v) is 4.23. The molecule has 1 amide bonds. The summed E-state index contributed by atoms with van der Waals surface area (Å²) in [7, 11) is 0. The lowest BCUT2D eigenvalue weighted by molar-refractivity contribution is 0.102. The second kappa shape index (κ2) is 5.11. The molecule has 0 saturated carbocycles. The number of carbonyl (C=O) groups is 1. The first-order valence-corrected chi connectivity index (χ1v) is 5.69. The number of aromatic nitrogens is 1. The van der Waals surface area contributed by atoms with E-state index >= 15 is 0 Å². The molecule has 0 atom stereocenters. The van der Waals surface area contributed by atoms with Crippen molar-refractivity contribution in [2.75, 3.05) is 5.32 Å². The van der Waals surface area contributed by atoms with E-state index in [1.165, 1.54) is 6.26 Å². The van der Waals surface area contributed by atoms with Crippen LogP contribution < -0.4 is 11.1 Å². The van der Waals surface area contributed by atoms with Gasteiger partial charge in [0.15, 0.2) is 0 Å². The largest absolute Gasteiger partial charge is 0.432 e. The minimum absolute atomic E-state index is 0.149. The molecule has 3 N–H and O–H groups in total. The maximum atomic E-state index is 11.8. The number of oxazole rings is 1. The number of nitrogens with two attached hydrogens (primary N) is 1. The van der Waals surface area contributed by atoms with Gasteiger partial charge >= 0.3 is 6.01 Å². The Hall–Kier alpha value is -1.66. The average molecular weight is 296 g/mol. The van der Waals surface area contributed by atoms with Crippen molar-refractivity contribution in [2.24, 2.45) is 5.73 Å². The molecule has 88 valence electrons. The zero-order chi connectivity index (χ0) is 12.3. The van der Waals surface area contributed by atoms with Crippen LogP contribution in [0.15, 0.2) is 39.4 Å². The summed E-state index contributed by atoms with van der Waals surface area (Å²) in [5.74, 6) is -0.281. The Balaban J connectivity index is 2.11. The van der Waals surface area contributed by atoms with Crippen molar-refractivity contribution in [3.05, 3.63) is 46.3 Å². The molecule has 1 aromatic carbocycles. The molecule has 0 radical (unpaired) electrons. The third kappa shape index (κ3) is 2.92. The molecule has 0 unspecified atom stereocenters. The number of amides is 1. The van der Waals surface area contributed by atoms with Gasteiger partial charge in [-0.25, -0.2) is 0 Å². The van der Waals surface area contributed by atoms with Gasteiger partial charge in [-0.3, -0.25) is 10.1 Å². The normalized spacial score (nSPS) is 10.2. The molecule has 5 nitrogen and oxygen atoms in total. The maximum Gasteiger partial charge on any atom is 0.301 e. The molecule has 1 heterocycles. The molecule has 2 rings (SSSR count). The zero-order valence-corrected chi connectivity index (χ0v) is 10.4. The van der Waals surface area contributed by atoms with Gasteiger partial charge in [0.25, 0.3) is 5.91 Å². The van der Waals surface area contributed by atoms with E-state index in [4.69, 9.17) is 10.2 Å². The van der Waals surface area contributed by atoms with Crippen molar-refractivity contribution in [1.29, 1.82) is 0 Å². The van der Waals surface area contributed by atoms with Gasteiger partial charge in [0, 0.05) is 16.6 Å². The fourth-order valence-electron chi connectivity index (χ4n) is 1.26. The molecule has 0 saturated heterocycles. The lowest BCUT2D eigenvalue weighted by atomic mass is 10.2. The number of halogens is 1. The SMILES string of the molecule is NCc1coc(NC(=O)c2cccc(Br)c2)n1.